The van der Waals surface area contributed by atoms with Crippen molar-refractivity contribution in [2.75, 3.05) is 0 Å². The predicted octanol–water partition coefficient (Wildman–Crippen LogP) is 6.16. The van der Waals surface area contributed by atoms with Gasteiger partial charge in [0.15, 0.2) is 17.0 Å². The fourth-order valence-electron chi connectivity index (χ4n) is 3.94. The van der Waals surface area contributed by atoms with Gasteiger partial charge in [-0.1, -0.05) is 49.6 Å². The Labute approximate surface area is 217 Å². The molecule has 2 aromatic carbocycles. The van der Waals surface area contributed by atoms with Crippen molar-refractivity contribution < 1.29 is 17.9 Å². The van der Waals surface area contributed by atoms with Crippen LogP contribution < -0.4 is 4.74 Å². The van der Waals surface area contributed by atoms with E-state index < -0.39 is 18.5 Å². The van der Waals surface area contributed by atoms with Crippen LogP contribution >= 0.6 is 0 Å². The van der Waals surface area contributed by atoms with Crippen LogP contribution in [0.3, 0.4) is 0 Å². The van der Waals surface area contributed by atoms with Crippen LogP contribution in [0.5, 0.6) is 5.88 Å². The predicted molar refractivity (Wildman–Crippen MR) is 137 cm³/mol. The number of ether oxygens (including phenoxy) is 1. The number of alkyl halides is 3. The van der Waals surface area contributed by atoms with Crippen molar-refractivity contribution in [1.82, 2.24) is 24.7 Å². The maximum absolute atomic E-state index is 14.1. The lowest BCUT2D eigenvalue weighted by Gasteiger charge is -2.13. The number of benzene rings is 2. The fourth-order valence-corrected chi connectivity index (χ4v) is 3.94. The van der Waals surface area contributed by atoms with Gasteiger partial charge in [0.2, 0.25) is 5.88 Å². The highest BCUT2D eigenvalue weighted by Gasteiger charge is 2.38. The lowest BCUT2D eigenvalue weighted by molar-refractivity contribution is -0.143. The number of aromatic nitrogens is 5. The summed E-state index contributed by atoms with van der Waals surface area (Å²) in [6, 6.07) is 19.4. The van der Waals surface area contributed by atoms with Gasteiger partial charge in [-0.15, -0.1) is 0 Å². The van der Waals surface area contributed by atoms with Crippen LogP contribution in [0.2, 0.25) is 0 Å². The van der Waals surface area contributed by atoms with Crippen molar-refractivity contribution in [3.05, 3.63) is 107 Å². The number of para-hydroxylation sites is 1. The molecular weight excluding hydrogens is 491 g/mol. The molecule has 5 rings (SSSR count). The summed E-state index contributed by atoms with van der Waals surface area (Å²) in [6.07, 6.45) is 0.0977. The Morgan fingerprint density at radius 1 is 0.921 bits per heavy atom. The highest BCUT2D eigenvalue weighted by Crippen LogP contribution is 2.34. The number of hydrogen-bond donors (Lipinski definition) is 0. The smallest absolute Gasteiger partial charge is 0.433 e. The van der Waals surface area contributed by atoms with Crippen LogP contribution in [0.4, 0.5) is 13.2 Å². The molecule has 0 N–H and O–H groups in total. The summed E-state index contributed by atoms with van der Waals surface area (Å²) >= 11 is 0. The summed E-state index contributed by atoms with van der Waals surface area (Å²) in [4.78, 5) is 13.1. The Morgan fingerprint density at radius 2 is 1.71 bits per heavy atom. The molecule has 0 unspecified atom stereocenters. The molecule has 3 heterocycles. The Morgan fingerprint density at radius 3 is 2.45 bits per heavy atom. The average Bonchev–Trinajstić information content (AvgIpc) is 3.37. The van der Waals surface area contributed by atoms with Gasteiger partial charge in [0.1, 0.15) is 12.1 Å². The molecule has 0 aliphatic carbocycles. The highest BCUT2D eigenvalue weighted by molar-refractivity contribution is 5.71. The van der Waals surface area contributed by atoms with E-state index >= 15 is 0 Å². The average molecular weight is 514 g/mol. The van der Waals surface area contributed by atoms with E-state index in [0.717, 1.165) is 29.3 Å². The van der Waals surface area contributed by atoms with Gasteiger partial charge >= 0.3 is 6.18 Å². The molecule has 0 bridgehead atoms. The summed E-state index contributed by atoms with van der Waals surface area (Å²) in [5.41, 5.74) is 2.19. The maximum Gasteiger partial charge on any atom is 0.433 e. The first-order valence-electron chi connectivity index (χ1n) is 12.0. The van der Waals surface area contributed by atoms with Gasteiger partial charge in [-0.05, 0) is 54.3 Å². The van der Waals surface area contributed by atoms with E-state index in [9.17, 15) is 13.2 Å². The van der Waals surface area contributed by atoms with E-state index in [1.807, 2.05) is 24.3 Å². The number of fused-ring (bicyclic) bond motifs is 1. The Bertz CT molecular complexity index is 1620. The number of pyridine rings is 1. The largest absolute Gasteiger partial charge is 0.471 e. The van der Waals surface area contributed by atoms with Gasteiger partial charge in [-0.3, -0.25) is 0 Å². The molecule has 5 aromatic rings. The number of aryl methyl sites for hydroxylation is 1. The van der Waals surface area contributed by atoms with E-state index in [1.54, 1.807) is 48.7 Å². The molecule has 0 amide bonds. The third kappa shape index (κ3) is 5.49. The van der Waals surface area contributed by atoms with Crippen LogP contribution in [0, 0.1) is 11.8 Å². The maximum atomic E-state index is 14.1. The van der Waals surface area contributed by atoms with Gasteiger partial charge in [0.05, 0.1) is 11.9 Å². The molecule has 0 saturated heterocycles. The minimum Gasteiger partial charge on any atom is -0.471 e. The summed E-state index contributed by atoms with van der Waals surface area (Å²) in [5, 5.41) is 3.98. The fraction of sp³-hybridized carbons (Fsp3) is 0.172. The van der Waals surface area contributed by atoms with Crippen molar-refractivity contribution in [1.29, 1.82) is 0 Å². The first-order chi connectivity index (χ1) is 18.4. The molecule has 0 aliphatic heterocycles. The van der Waals surface area contributed by atoms with Crippen LogP contribution in [0.25, 0.3) is 16.9 Å². The quantitative estimate of drug-likeness (QED) is 0.255. The van der Waals surface area contributed by atoms with Crippen LogP contribution in [-0.2, 0) is 19.2 Å². The minimum atomic E-state index is -4.66. The summed E-state index contributed by atoms with van der Waals surface area (Å²) in [5.74, 6) is 6.01. The van der Waals surface area contributed by atoms with Crippen molar-refractivity contribution in [2.24, 2.45) is 0 Å². The lowest BCUT2D eigenvalue weighted by atomic mass is 10.1. The van der Waals surface area contributed by atoms with E-state index in [-0.39, 0.29) is 17.1 Å². The summed E-state index contributed by atoms with van der Waals surface area (Å²) < 4.78 is 48.8. The van der Waals surface area contributed by atoms with Crippen molar-refractivity contribution in [3.63, 3.8) is 0 Å². The molecule has 0 aliphatic rings. The van der Waals surface area contributed by atoms with Gasteiger partial charge in [-0.25, -0.2) is 19.6 Å². The molecule has 0 saturated carbocycles. The second kappa shape index (κ2) is 10.7. The normalized spacial score (nSPS) is 11.3. The Hall–Kier alpha value is -4.71. The lowest BCUT2D eigenvalue weighted by Crippen LogP contribution is -2.16. The van der Waals surface area contributed by atoms with E-state index in [2.05, 4.69) is 38.8 Å². The summed E-state index contributed by atoms with van der Waals surface area (Å²) in [6.45, 7) is 1.69. The molecule has 0 radical (unpaired) electrons. The first kappa shape index (κ1) is 25.0. The molecule has 9 heteroatoms. The zero-order valence-corrected chi connectivity index (χ0v) is 20.4. The third-order valence-electron chi connectivity index (χ3n) is 5.70. The number of halogens is 3. The van der Waals surface area contributed by atoms with Gasteiger partial charge in [0.25, 0.3) is 0 Å². The second-order valence-corrected chi connectivity index (χ2v) is 8.47. The first-order valence-corrected chi connectivity index (χ1v) is 12.0. The molecular formula is C29H22F3N5O. The van der Waals surface area contributed by atoms with Crippen molar-refractivity contribution >= 4 is 11.2 Å². The van der Waals surface area contributed by atoms with Gasteiger partial charge < -0.3 is 4.74 Å². The van der Waals surface area contributed by atoms with Gasteiger partial charge in [-0.2, -0.15) is 18.3 Å². The molecule has 6 nitrogen and oxygen atoms in total. The zero-order valence-electron chi connectivity index (χ0n) is 20.4. The SMILES string of the molecule is CCCc1ccc(C#Cc2nc3ncccc3nc2OCc2cnn(-c3ccccc3)c2C(F)(F)F)cc1. The number of hydrogen-bond acceptors (Lipinski definition) is 5. The molecule has 0 fully saturated rings. The Kier molecular flexibility index (Phi) is 7.05. The van der Waals surface area contributed by atoms with Crippen LogP contribution in [0.15, 0.2) is 79.1 Å². The number of nitrogens with zero attached hydrogens (tertiary/aromatic N) is 5. The standard InChI is InChI=1S/C29H22F3N5O/c1-2-7-20-11-13-21(14-12-20)15-16-25-28(36-24-10-6-17-33-27(24)35-25)38-19-22-18-34-37(26(22)29(30,31)32)23-8-4-3-5-9-23/h3-6,8-14,17-18H,2,7,19H2,1H3. The van der Waals surface area contributed by atoms with E-state index in [0.29, 0.717) is 16.9 Å². The van der Waals surface area contributed by atoms with Crippen LogP contribution in [0.1, 0.15) is 41.4 Å². The minimum absolute atomic E-state index is 0.0150. The topological polar surface area (TPSA) is 65.7 Å². The van der Waals surface area contributed by atoms with Crippen molar-refractivity contribution in [3.8, 4) is 23.4 Å². The molecule has 0 atom stereocenters. The van der Waals surface area contributed by atoms with Crippen molar-refractivity contribution in [2.45, 2.75) is 32.5 Å². The highest BCUT2D eigenvalue weighted by atomic mass is 19.4. The zero-order chi connectivity index (χ0) is 26.5. The molecule has 0 spiro atoms. The number of rotatable bonds is 6. The van der Waals surface area contributed by atoms with E-state index in [4.69, 9.17) is 4.74 Å². The second-order valence-electron chi connectivity index (χ2n) is 8.47. The molecule has 190 valence electrons. The summed E-state index contributed by atoms with van der Waals surface area (Å²) in [7, 11) is 0. The molecule has 38 heavy (non-hydrogen) atoms. The van der Waals surface area contributed by atoms with E-state index in [1.165, 1.54) is 5.56 Å². The van der Waals surface area contributed by atoms with Gasteiger partial charge in [0, 0.05) is 17.3 Å². The Balaban J connectivity index is 1.48. The third-order valence-corrected chi connectivity index (χ3v) is 5.70. The van der Waals surface area contributed by atoms with Crippen LogP contribution in [-0.4, -0.2) is 24.7 Å². The molecule has 3 aromatic heterocycles. The monoisotopic (exact) mass is 513 g/mol.